The number of benzene rings is 1. The van der Waals surface area contributed by atoms with Gasteiger partial charge in [0.1, 0.15) is 0 Å². The van der Waals surface area contributed by atoms with Crippen LogP contribution in [0, 0.1) is 6.92 Å². The molecule has 1 aromatic rings. The van der Waals surface area contributed by atoms with Crippen LogP contribution in [0.5, 0.6) is 0 Å². The molecule has 0 N–H and O–H groups in total. The summed E-state index contributed by atoms with van der Waals surface area (Å²) in [7, 11) is 4.20. The third-order valence-electron chi connectivity index (χ3n) is 6.74. The predicted molar refractivity (Wildman–Crippen MR) is 131 cm³/mol. The molecule has 0 radical (unpaired) electrons. The van der Waals surface area contributed by atoms with Crippen molar-refractivity contribution in [2.45, 2.75) is 96.6 Å². The maximum atomic E-state index is 12.7. The van der Waals surface area contributed by atoms with E-state index in [-0.39, 0.29) is 5.91 Å². The number of aryl methyl sites for hydroxylation is 1. The molecule has 0 aliphatic heterocycles. The fourth-order valence-corrected chi connectivity index (χ4v) is 4.50. The van der Waals surface area contributed by atoms with Crippen molar-refractivity contribution >= 4 is 5.91 Å². The average molecular weight is 431 g/mol. The predicted octanol–water partition coefficient (Wildman–Crippen LogP) is 6.08. The summed E-state index contributed by atoms with van der Waals surface area (Å²) in [5, 5.41) is 0. The average Bonchev–Trinajstić information content (AvgIpc) is 2.78. The summed E-state index contributed by atoms with van der Waals surface area (Å²) in [6.45, 7) is 7.67. The summed E-state index contributed by atoms with van der Waals surface area (Å²) >= 11 is 0. The van der Waals surface area contributed by atoms with Gasteiger partial charge in [-0.15, -0.1) is 0 Å². The van der Waals surface area contributed by atoms with Crippen LogP contribution in [0.2, 0.25) is 0 Å². The van der Waals surface area contributed by atoms with E-state index in [0.717, 1.165) is 37.9 Å². The van der Waals surface area contributed by atoms with E-state index in [1.165, 1.54) is 63.6 Å². The molecule has 0 unspecified atom stereocenters. The number of rotatable bonds is 14. The molecule has 1 fully saturated rings. The summed E-state index contributed by atoms with van der Waals surface area (Å²) < 4.78 is 6.15. The number of ether oxygens (including phenoxy) is 1. The molecular weight excluding hydrogens is 384 g/mol. The molecule has 0 bridgehead atoms. The van der Waals surface area contributed by atoms with E-state index in [2.05, 4.69) is 18.9 Å². The Morgan fingerprint density at radius 1 is 0.903 bits per heavy atom. The van der Waals surface area contributed by atoms with E-state index >= 15 is 0 Å². The van der Waals surface area contributed by atoms with Gasteiger partial charge < -0.3 is 14.5 Å². The van der Waals surface area contributed by atoms with Crippen LogP contribution in [-0.2, 0) is 4.74 Å². The topological polar surface area (TPSA) is 32.8 Å². The van der Waals surface area contributed by atoms with Crippen LogP contribution in [0.15, 0.2) is 24.3 Å². The first kappa shape index (κ1) is 25.9. The first-order valence-corrected chi connectivity index (χ1v) is 12.6. The van der Waals surface area contributed by atoms with Crippen LogP contribution < -0.4 is 0 Å². The second-order valence-corrected chi connectivity index (χ2v) is 9.51. The van der Waals surface area contributed by atoms with Crippen LogP contribution >= 0.6 is 0 Å². The van der Waals surface area contributed by atoms with Crippen molar-refractivity contribution in [2.24, 2.45) is 0 Å². The molecule has 0 saturated heterocycles. The lowest BCUT2D eigenvalue weighted by Gasteiger charge is -2.34. The highest BCUT2D eigenvalue weighted by atomic mass is 16.5. The standard InChI is InChI=1S/C27H46N2O2/c1-5-6-9-20-28(3)21-10-7-8-11-22-31-26-18-16-25(17-19-26)29(4)27(30)24-14-12-23(2)13-15-24/h12-15,25-26H,5-11,16-22H2,1-4H3. The van der Waals surface area contributed by atoms with Crippen molar-refractivity contribution in [3.8, 4) is 0 Å². The molecular formula is C27H46N2O2. The minimum absolute atomic E-state index is 0.139. The van der Waals surface area contributed by atoms with E-state index in [1.54, 1.807) is 0 Å². The van der Waals surface area contributed by atoms with Gasteiger partial charge in [-0.05, 0) is 84.1 Å². The first-order valence-electron chi connectivity index (χ1n) is 12.6. The van der Waals surface area contributed by atoms with Crippen molar-refractivity contribution in [3.05, 3.63) is 35.4 Å². The molecule has 0 aromatic heterocycles. The zero-order valence-electron chi connectivity index (χ0n) is 20.6. The normalized spacial score (nSPS) is 19.0. The maximum Gasteiger partial charge on any atom is 0.253 e. The Kier molecular flexibility index (Phi) is 12.2. The van der Waals surface area contributed by atoms with E-state index in [0.29, 0.717) is 12.1 Å². The molecule has 2 rings (SSSR count). The highest BCUT2D eigenvalue weighted by Gasteiger charge is 2.27. The highest BCUT2D eigenvalue weighted by molar-refractivity contribution is 5.94. The molecule has 0 heterocycles. The number of hydrogen-bond donors (Lipinski definition) is 0. The summed E-state index contributed by atoms with van der Waals surface area (Å²) in [5.41, 5.74) is 1.98. The Balaban J connectivity index is 1.52. The Morgan fingerprint density at radius 2 is 1.52 bits per heavy atom. The Labute approximate surface area is 191 Å². The summed E-state index contributed by atoms with van der Waals surface area (Å²) in [6, 6.07) is 8.24. The Bertz CT molecular complexity index is 608. The lowest BCUT2D eigenvalue weighted by Crippen LogP contribution is -2.40. The van der Waals surface area contributed by atoms with E-state index in [9.17, 15) is 4.79 Å². The van der Waals surface area contributed by atoms with Crippen LogP contribution in [0.3, 0.4) is 0 Å². The smallest absolute Gasteiger partial charge is 0.253 e. The van der Waals surface area contributed by atoms with Gasteiger partial charge in [-0.3, -0.25) is 4.79 Å². The van der Waals surface area contributed by atoms with Gasteiger partial charge in [-0.2, -0.15) is 0 Å². The van der Waals surface area contributed by atoms with E-state index in [1.807, 2.05) is 43.1 Å². The second kappa shape index (κ2) is 14.6. The number of carbonyl (C=O) groups is 1. The molecule has 4 nitrogen and oxygen atoms in total. The lowest BCUT2D eigenvalue weighted by molar-refractivity contribution is 0.00907. The zero-order chi connectivity index (χ0) is 22.5. The van der Waals surface area contributed by atoms with Crippen molar-refractivity contribution in [3.63, 3.8) is 0 Å². The first-order chi connectivity index (χ1) is 15.0. The van der Waals surface area contributed by atoms with E-state index in [4.69, 9.17) is 4.74 Å². The molecule has 31 heavy (non-hydrogen) atoms. The lowest BCUT2D eigenvalue weighted by atomic mass is 9.91. The van der Waals surface area contributed by atoms with Crippen molar-refractivity contribution < 1.29 is 9.53 Å². The Hall–Kier alpha value is -1.39. The number of unbranched alkanes of at least 4 members (excludes halogenated alkanes) is 5. The third-order valence-corrected chi connectivity index (χ3v) is 6.74. The van der Waals surface area contributed by atoms with Crippen molar-refractivity contribution in [1.29, 1.82) is 0 Å². The van der Waals surface area contributed by atoms with Gasteiger partial charge in [0, 0.05) is 25.3 Å². The number of carbonyl (C=O) groups excluding carboxylic acids is 1. The molecule has 0 atom stereocenters. The monoisotopic (exact) mass is 430 g/mol. The third kappa shape index (κ3) is 9.74. The summed E-state index contributed by atoms with van der Waals surface area (Å²) in [4.78, 5) is 17.2. The molecule has 0 spiro atoms. The van der Waals surface area contributed by atoms with Gasteiger partial charge in [0.2, 0.25) is 0 Å². The van der Waals surface area contributed by atoms with Gasteiger partial charge in [-0.1, -0.05) is 50.3 Å². The number of nitrogens with zero attached hydrogens (tertiary/aromatic N) is 2. The minimum atomic E-state index is 0.139. The van der Waals surface area contributed by atoms with Crippen molar-refractivity contribution in [1.82, 2.24) is 9.80 Å². The van der Waals surface area contributed by atoms with E-state index < -0.39 is 0 Å². The minimum Gasteiger partial charge on any atom is -0.378 e. The Morgan fingerprint density at radius 3 is 2.16 bits per heavy atom. The van der Waals surface area contributed by atoms with Crippen LogP contribution in [-0.4, -0.2) is 61.6 Å². The molecule has 1 aliphatic rings. The number of amides is 1. The summed E-state index contributed by atoms with van der Waals surface area (Å²) in [6.07, 6.45) is 13.6. The quantitative estimate of drug-likeness (QED) is 0.335. The number of hydrogen-bond acceptors (Lipinski definition) is 3. The molecule has 1 aliphatic carbocycles. The van der Waals surface area contributed by atoms with Crippen molar-refractivity contribution in [2.75, 3.05) is 33.8 Å². The van der Waals surface area contributed by atoms with Gasteiger partial charge >= 0.3 is 0 Å². The van der Waals surface area contributed by atoms with Gasteiger partial charge in [0.25, 0.3) is 5.91 Å². The SMILES string of the molecule is CCCCCN(C)CCCCCCOC1CCC(N(C)C(=O)c2ccc(C)cc2)CC1. The maximum absolute atomic E-state index is 12.7. The van der Waals surface area contributed by atoms with Gasteiger partial charge in [-0.25, -0.2) is 0 Å². The zero-order valence-corrected chi connectivity index (χ0v) is 20.6. The molecule has 1 aromatic carbocycles. The highest BCUT2D eigenvalue weighted by Crippen LogP contribution is 2.26. The second-order valence-electron chi connectivity index (χ2n) is 9.51. The van der Waals surface area contributed by atoms with Crippen LogP contribution in [0.25, 0.3) is 0 Å². The molecule has 4 heteroatoms. The van der Waals surface area contributed by atoms with Crippen LogP contribution in [0.1, 0.15) is 93.5 Å². The summed E-state index contributed by atoms with van der Waals surface area (Å²) in [5.74, 6) is 0.139. The fraction of sp³-hybridized carbons (Fsp3) is 0.741. The van der Waals surface area contributed by atoms with Gasteiger partial charge in [0.15, 0.2) is 0 Å². The largest absolute Gasteiger partial charge is 0.378 e. The fourth-order valence-electron chi connectivity index (χ4n) is 4.50. The molecule has 1 amide bonds. The molecule has 176 valence electrons. The van der Waals surface area contributed by atoms with Crippen LogP contribution in [0.4, 0.5) is 0 Å². The molecule has 1 saturated carbocycles. The van der Waals surface area contributed by atoms with Gasteiger partial charge in [0.05, 0.1) is 6.10 Å².